The molecule has 1 aromatic rings. The minimum atomic E-state index is 0.185. The van der Waals surface area contributed by atoms with Crippen molar-refractivity contribution in [3.63, 3.8) is 0 Å². The highest BCUT2D eigenvalue weighted by Crippen LogP contribution is 2.37. The molecular formula is C15H22BrNOS. The predicted molar refractivity (Wildman–Crippen MR) is 86.6 cm³/mol. The number of hydrogen-bond donors (Lipinski definition) is 1. The number of hydrogen-bond acceptors (Lipinski definition) is 3. The van der Waals surface area contributed by atoms with Gasteiger partial charge in [0, 0.05) is 28.1 Å². The first kappa shape index (κ1) is 15.4. The lowest BCUT2D eigenvalue weighted by Crippen LogP contribution is -2.27. The van der Waals surface area contributed by atoms with Crippen molar-refractivity contribution in [2.24, 2.45) is 5.73 Å². The molecule has 1 aliphatic heterocycles. The molecule has 4 heteroatoms. The molecule has 3 unspecified atom stereocenters. The first-order chi connectivity index (χ1) is 9.22. The molecule has 0 aliphatic carbocycles. The average molecular weight is 344 g/mol. The van der Waals surface area contributed by atoms with Gasteiger partial charge in [-0.1, -0.05) is 41.1 Å². The van der Waals surface area contributed by atoms with Crippen molar-refractivity contribution in [1.82, 2.24) is 0 Å². The second-order valence-corrected chi connectivity index (χ2v) is 7.01. The van der Waals surface area contributed by atoms with Crippen LogP contribution in [0.3, 0.4) is 0 Å². The van der Waals surface area contributed by atoms with Gasteiger partial charge >= 0.3 is 0 Å². The Morgan fingerprint density at radius 2 is 2.26 bits per heavy atom. The van der Waals surface area contributed by atoms with Crippen molar-refractivity contribution < 1.29 is 4.74 Å². The van der Waals surface area contributed by atoms with Crippen LogP contribution in [0.25, 0.3) is 0 Å². The van der Waals surface area contributed by atoms with E-state index in [1.165, 1.54) is 18.4 Å². The van der Waals surface area contributed by atoms with E-state index in [-0.39, 0.29) is 6.04 Å². The molecule has 0 aromatic heterocycles. The third kappa shape index (κ3) is 4.22. The van der Waals surface area contributed by atoms with Crippen molar-refractivity contribution >= 4 is 27.7 Å². The van der Waals surface area contributed by atoms with Crippen LogP contribution in [0.2, 0.25) is 0 Å². The zero-order chi connectivity index (χ0) is 13.7. The summed E-state index contributed by atoms with van der Waals surface area (Å²) in [5.74, 6) is 1.04. The Morgan fingerprint density at radius 3 is 2.89 bits per heavy atom. The van der Waals surface area contributed by atoms with Crippen molar-refractivity contribution in [1.29, 1.82) is 0 Å². The Morgan fingerprint density at radius 1 is 1.47 bits per heavy atom. The van der Waals surface area contributed by atoms with E-state index in [9.17, 15) is 0 Å². The van der Waals surface area contributed by atoms with Crippen LogP contribution < -0.4 is 5.73 Å². The highest BCUT2D eigenvalue weighted by molar-refractivity contribution is 9.10. The fraction of sp³-hybridized carbons (Fsp3) is 0.600. The molecule has 0 bridgehead atoms. The zero-order valence-electron chi connectivity index (χ0n) is 11.3. The molecule has 1 aliphatic rings. The molecule has 2 rings (SSSR count). The summed E-state index contributed by atoms with van der Waals surface area (Å²) < 4.78 is 6.87. The van der Waals surface area contributed by atoms with Gasteiger partial charge in [-0.15, -0.1) is 11.8 Å². The lowest BCUT2D eigenvalue weighted by atomic mass is 10.0. The van der Waals surface area contributed by atoms with Gasteiger partial charge in [-0.05, 0) is 30.9 Å². The molecule has 0 saturated carbocycles. The lowest BCUT2D eigenvalue weighted by molar-refractivity contribution is 0.128. The summed E-state index contributed by atoms with van der Waals surface area (Å²) in [5.41, 5.74) is 7.63. The maximum absolute atomic E-state index is 6.32. The highest BCUT2D eigenvalue weighted by Gasteiger charge is 2.24. The van der Waals surface area contributed by atoms with Crippen LogP contribution in [0.1, 0.15) is 37.0 Å². The molecular weight excluding hydrogens is 322 g/mol. The molecule has 1 heterocycles. The van der Waals surface area contributed by atoms with Gasteiger partial charge in [0.05, 0.1) is 6.10 Å². The standard InChI is InChI=1S/C15H22BrNOS/c1-2-14(17)15(12-7-3-4-8-13(12)16)19-10-11-6-5-9-18-11/h3-4,7-8,11,14-15H,2,5-6,9-10,17H2,1H3. The fourth-order valence-electron chi connectivity index (χ4n) is 2.35. The van der Waals surface area contributed by atoms with Gasteiger partial charge in [0.25, 0.3) is 0 Å². The number of ether oxygens (including phenoxy) is 1. The molecule has 0 spiro atoms. The maximum atomic E-state index is 6.32. The summed E-state index contributed by atoms with van der Waals surface area (Å²) in [6, 6.07) is 8.59. The zero-order valence-corrected chi connectivity index (χ0v) is 13.8. The third-order valence-electron chi connectivity index (χ3n) is 3.56. The lowest BCUT2D eigenvalue weighted by Gasteiger charge is -2.25. The summed E-state index contributed by atoms with van der Waals surface area (Å²) in [5, 5.41) is 0.338. The predicted octanol–water partition coefficient (Wildman–Crippen LogP) is 4.14. The monoisotopic (exact) mass is 343 g/mol. The van der Waals surface area contributed by atoms with Crippen molar-refractivity contribution in [3.8, 4) is 0 Å². The Kier molecular flexibility index (Phi) is 6.20. The summed E-state index contributed by atoms with van der Waals surface area (Å²) in [6.07, 6.45) is 3.80. The quantitative estimate of drug-likeness (QED) is 0.842. The number of nitrogens with two attached hydrogens (primary N) is 1. The van der Waals surface area contributed by atoms with Gasteiger partial charge < -0.3 is 10.5 Å². The molecule has 0 amide bonds. The minimum Gasteiger partial charge on any atom is -0.377 e. The van der Waals surface area contributed by atoms with E-state index >= 15 is 0 Å². The van der Waals surface area contributed by atoms with Crippen LogP contribution in [-0.2, 0) is 4.74 Å². The van der Waals surface area contributed by atoms with Gasteiger partial charge in [0.2, 0.25) is 0 Å². The average Bonchev–Trinajstić information content (AvgIpc) is 2.93. The second-order valence-electron chi connectivity index (χ2n) is 4.98. The molecule has 2 N–H and O–H groups in total. The molecule has 1 aromatic carbocycles. The van der Waals surface area contributed by atoms with E-state index in [2.05, 4.69) is 41.1 Å². The second kappa shape index (κ2) is 7.67. The number of thioether (sulfide) groups is 1. The first-order valence-corrected chi connectivity index (χ1v) is 8.79. The van der Waals surface area contributed by atoms with Gasteiger partial charge in [0.15, 0.2) is 0 Å². The molecule has 0 radical (unpaired) electrons. The molecule has 1 fully saturated rings. The summed E-state index contributed by atoms with van der Waals surface area (Å²) in [4.78, 5) is 0. The summed E-state index contributed by atoms with van der Waals surface area (Å²) in [6.45, 7) is 3.08. The summed E-state index contributed by atoms with van der Waals surface area (Å²) >= 11 is 5.59. The van der Waals surface area contributed by atoms with Gasteiger partial charge in [-0.3, -0.25) is 0 Å². The van der Waals surface area contributed by atoms with Crippen LogP contribution in [0.5, 0.6) is 0 Å². The Bertz CT molecular complexity index is 395. The van der Waals surface area contributed by atoms with Crippen molar-refractivity contribution in [3.05, 3.63) is 34.3 Å². The molecule has 106 valence electrons. The molecule has 3 atom stereocenters. The topological polar surface area (TPSA) is 35.2 Å². The fourth-order valence-corrected chi connectivity index (χ4v) is 4.54. The van der Waals surface area contributed by atoms with Crippen LogP contribution in [0.15, 0.2) is 28.7 Å². The Balaban J connectivity index is 2.05. The van der Waals surface area contributed by atoms with Crippen LogP contribution in [0, 0.1) is 0 Å². The van der Waals surface area contributed by atoms with E-state index in [1.54, 1.807) is 0 Å². The van der Waals surface area contributed by atoms with Crippen molar-refractivity contribution in [2.45, 2.75) is 43.6 Å². The highest BCUT2D eigenvalue weighted by atomic mass is 79.9. The first-order valence-electron chi connectivity index (χ1n) is 6.95. The van der Waals surface area contributed by atoms with E-state index in [1.807, 2.05) is 17.8 Å². The Labute approximate surface area is 128 Å². The SMILES string of the molecule is CCC(N)C(SCC1CCCO1)c1ccccc1Br. The number of rotatable bonds is 6. The smallest absolute Gasteiger partial charge is 0.0666 e. The molecule has 19 heavy (non-hydrogen) atoms. The largest absolute Gasteiger partial charge is 0.377 e. The molecule has 2 nitrogen and oxygen atoms in total. The van der Waals surface area contributed by atoms with Crippen LogP contribution in [-0.4, -0.2) is 24.5 Å². The maximum Gasteiger partial charge on any atom is 0.0666 e. The molecule has 1 saturated heterocycles. The third-order valence-corrected chi connectivity index (χ3v) is 5.81. The number of benzene rings is 1. The van der Waals surface area contributed by atoms with E-state index < -0.39 is 0 Å². The van der Waals surface area contributed by atoms with Crippen molar-refractivity contribution in [2.75, 3.05) is 12.4 Å². The Hall–Kier alpha value is -0.0300. The van der Waals surface area contributed by atoms with E-state index in [0.717, 1.165) is 23.3 Å². The van der Waals surface area contributed by atoms with Crippen LogP contribution >= 0.6 is 27.7 Å². The van der Waals surface area contributed by atoms with Gasteiger partial charge in [0.1, 0.15) is 0 Å². The van der Waals surface area contributed by atoms with Gasteiger partial charge in [-0.2, -0.15) is 0 Å². The van der Waals surface area contributed by atoms with Crippen LogP contribution in [0.4, 0.5) is 0 Å². The summed E-state index contributed by atoms with van der Waals surface area (Å²) in [7, 11) is 0. The number of halogens is 1. The minimum absolute atomic E-state index is 0.185. The van der Waals surface area contributed by atoms with Gasteiger partial charge in [-0.25, -0.2) is 0 Å². The van der Waals surface area contributed by atoms with E-state index in [0.29, 0.717) is 11.4 Å². The van der Waals surface area contributed by atoms with E-state index in [4.69, 9.17) is 10.5 Å². The normalized spacial score (nSPS) is 22.4.